The molecule has 0 amide bonds. The summed E-state index contributed by atoms with van der Waals surface area (Å²) < 4.78 is 0.991. The topological polar surface area (TPSA) is 66.6 Å². The Morgan fingerprint density at radius 2 is 1.95 bits per heavy atom. The Hall–Kier alpha value is -1.72. The van der Waals surface area contributed by atoms with Crippen molar-refractivity contribution in [3.8, 4) is 0 Å². The molecule has 0 aliphatic heterocycles. The van der Waals surface area contributed by atoms with Gasteiger partial charge >= 0.3 is 5.97 Å². The fourth-order valence-electron chi connectivity index (χ4n) is 2.11. The molecule has 0 aromatic heterocycles. The fourth-order valence-corrected chi connectivity index (χ4v) is 2.75. The number of halogens is 2. The number of rotatable bonds is 4. The summed E-state index contributed by atoms with van der Waals surface area (Å²) in [6.45, 7) is 0.539. The second-order valence-corrected chi connectivity index (χ2v) is 6.01. The van der Waals surface area contributed by atoms with E-state index in [0.29, 0.717) is 22.9 Å². The molecule has 110 valence electrons. The standard InChI is InChI=1S/C15H14BrClN2O2/c1-19(8-9-2-4-10(16)5-3-9)14-12(15(20)21)6-11(18)7-13(14)17/h2-7H,8,18H2,1H3,(H,20,21). The van der Waals surface area contributed by atoms with E-state index in [9.17, 15) is 9.90 Å². The van der Waals surface area contributed by atoms with Crippen LogP contribution in [0.2, 0.25) is 5.02 Å². The van der Waals surface area contributed by atoms with E-state index >= 15 is 0 Å². The summed E-state index contributed by atoms with van der Waals surface area (Å²) in [5, 5.41) is 9.64. The van der Waals surface area contributed by atoms with Crippen molar-refractivity contribution in [1.82, 2.24) is 0 Å². The normalized spacial score (nSPS) is 10.4. The molecule has 0 fully saturated rings. The Morgan fingerprint density at radius 3 is 2.52 bits per heavy atom. The highest BCUT2D eigenvalue weighted by Gasteiger charge is 2.18. The number of aromatic carboxylic acids is 1. The third kappa shape index (κ3) is 3.68. The number of hydrogen-bond donors (Lipinski definition) is 2. The highest BCUT2D eigenvalue weighted by Crippen LogP contribution is 2.32. The van der Waals surface area contributed by atoms with Crippen LogP contribution in [0.1, 0.15) is 15.9 Å². The van der Waals surface area contributed by atoms with Gasteiger partial charge in [0.25, 0.3) is 0 Å². The number of nitrogen functional groups attached to an aromatic ring is 1. The van der Waals surface area contributed by atoms with Crippen LogP contribution in [0.3, 0.4) is 0 Å². The molecule has 0 spiro atoms. The molecular formula is C15H14BrClN2O2. The summed E-state index contributed by atoms with van der Waals surface area (Å²) in [5.41, 5.74) is 7.60. The van der Waals surface area contributed by atoms with Crippen molar-refractivity contribution in [2.24, 2.45) is 0 Å². The maximum atomic E-state index is 11.4. The molecule has 0 saturated carbocycles. The number of carbonyl (C=O) groups is 1. The third-order valence-electron chi connectivity index (χ3n) is 3.03. The van der Waals surface area contributed by atoms with Crippen LogP contribution in [0.25, 0.3) is 0 Å². The maximum absolute atomic E-state index is 11.4. The SMILES string of the molecule is CN(Cc1ccc(Br)cc1)c1c(Cl)cc(N)cc1C(=O)O. The van der Waals surface area contributed by atoms with Crippen LogP contribution in [0.5, 0.6) is 0 Å². The maximum Gasteiger partial charge on any atom is 0.337 e. The molecule has 0 aliphatic rings. The minimum Gasteiger partial charge on any atom is -0.478 e. The van der Waals surface area contributed by atoms with E-state index in [1.807, 2.05) is 24.3 Å². The van der Waals surface area contributed by atoms with Crippen molar-refractivity contribution in [3.63, 3.8) is 0 Å². The molecule has 2 aromatic rings. The van der Waals surface area contributed by atoms with E-state index in [0.717, 1.165) is 10.0 Å². The molecule has 0 atom stereocenters. The highest BCUT2D eigenvalue weighted by atomic mass is 79.9. The van der Waals surface area contributed by atoms with E-state index in [4.69, 9.17) is 17.3 Å². The van der Waals surface area contributed by atoms with Gasteiger partial charge in [-0.05, 0) is 29.8 Å². The Morgan fingerprint density at radius 1 is 1.33 bits per heavy atom. The molecule has 0 bridgehead atoms. The second kappa shape index (κ2) is 6.37. The number of hydrogen-bond acceptors (Lipinski definition) is 3. The van der Waals surface area contributed by atoms with Crippen LogP contribution >= 0.6 is 27.5 Å². The molecule has 0 saturated heterocycles. The van der Waals surface area contributed by atoms with Crippen LogP contribution in [0.15, 0.2) is 40.9 Å². The zero-order valence-corrected chi connectivity index (χ0v) is 13.6. The summed E-state index contributed by atoms with van der Waals surface area (Å²) in [6.07, 6.45) is 0. The van der Waals surface area contributed by atoms with Crippen molar-refractivity contribution in [3.05, 3.63) is 57.0 Å². The minimum absolute atomic E-state index is 0.0969. The van der Waals surface area contributed by atoms with Gasteiger partial charge in [-0.1, -0.05) is 39.7 Å². The number of carboxylic acids is 1. The van der Waals surface area contributed by atoms with Crippen LogP contribution in [-0.2, 0) is 6.54 Å². The molecule has 0 radical (unpaired) electrons. The van der Waals surface area contributed by atoms with Crippen LogP contribution in [0.4, 0.5) is 11.4 Å². The van der Waals surface area contributed by atoms with Gasteiger partial charge in [-0.25, -0.2) is 4.79 Å². The molecule has 6 heteroatoms. The van der Waals surface area contributed by atoms with E-state index in [-0.39, 0.29) is 5.56 Å². The molecule has 0 heterocycles. The number of benzene rings is 2. The largest absolute Gasteiger partial charge is 0.478 e. The van der Waals surface area contributed by atoms with E-state index in [1.165, 1.54) is 6.07 Å². The Bertz CT molecular complexity index is 674. The van der Waals surface area contributed by atoms with Crippen LogP contribution < -0.4 is 10.6 Å². The lowest BCUT2D eigenvalue weighted by Crippen LogP contribution is -2.20. The van der Waals surface area contributed by atoms with Gasteiger partial charge in [-0.3, -0.25) is 0 Å². The smallest absolute Gasteiger partial charge is 0.337 e. The lowest BCUT2D eigenvalue weighted by atomic mass is 10.1. The predicted molar refractivity (Wildman–Crippen MR) is 89.1 cm³/mol. The lowest BCUT2D eigenvalue weighted by Gasteiger charge is -2.23. The van der Waals surface area contributed by atoms with Gasteiger partial charge in [-0.2, -0.15) is 0 Å². The van der Waals surface area contributed by atoms with Gasteiger partial charge in [-0.15, -0.1) is 0 Å². The fraction of sp³-hybridized carbons (Fsp3) is 0.133. The van der Waals surface area contributed by atoms with Gasteiger partial charge in [0.2, 0.25) is 0 Å². The average molecular weight is 370 g/mol. The van der Waals surface area contributed by atoms with Crippen molar-refractivity contribution in [2.45, 2.75) is 6.54 Å². The van der Waals surface area contributed by atoms with Crippen molar-refractivity contribution < 1.29 is 9.90 Å². The number of anilines is 2. The van der Waals surface area contributed by atoms with Gasteiger partial charge in [0, 0.05) is 23.8 Å². The Labute approximate surface area is 136 Å². The van der Waals surface area contributed by atoms with Crippen molar-refractivity contribution >= 4 is 44.9 Å². The first-order valence-electron chi connectivity index (χ1n) is 6.16. The second-order valence-electron chi connectivity index (χ2n) is 4.69. The summed E-state index contributed by atoms with van der Waals surface area (Å²) in [5.74, 6) is -1.05. The van der Waals surface area contributed by atoms with Gasteiger partial charge < -0.3 is 15.7 Å². The Balaban J connectivity index is 2.36. The van der Waals surface area contributed by atoms with E-state index in [1.54, 1.807) is 18.0 Å². The number of nitrogens with zero attached hydrogens (tertiary/aromatic N) is 1. The summed E-state index contributed by atoms with van der Waals surface area (Å²) >= 11 is 9.55. The monoisotopic (exact) mass is 368 g/mol. The van der Waals surface area contributed by atoms with E-state index < -0.39 is 5.97 Å². The molecule has 3 N–H and O–H groups in total. The zero-order valence-electron chi connectivity index (χ0n) is 11.3. The lowest BCUT2D eigenvalue weighted by molar-refractivity contribution is 0.0697. The molecule has 21 heavy (non-hydrogen) atoms. The summed E-state index contributed by atoms with van der Waals surface area (Å²) in [7, 11) is 1.80. The molecule has 2 rings (SSSR count). The van der Waals surface area contributed by atoms with Crippen LogP contribution in [0, 0.1) is 0 Å². The molecular weight excluding hydrogens is 356 g/mol. The Kier molecular flexibility index (Phi) is 4.75. The minimum atomic E-state index is -1.05. The first-order valence-corrected chi connectivity index (χ1v) is 7.33. The molecule has 4 nitrogen and oxygen atoms in total. The molecule has 2 aromatic carbocycles. The number of carboxylic acid groups (broad SMARTS) is 1. The van der Waals surface area contributed by atoms with Crippen molar-refractivity contribution in [2.75, 3.05) is 17.7 Å². The highest BCUT2D eigenvalue weighted by molar-refractivity contribution is 9.10. The predicted octanol–water partition coefficient (Wildman–Crippen LogP) is 4.02. The zero-order chi connectivity index (χ0) is 15.6. The quantitative estimate of drug-likeness (QED) is 0.799. The van der Waals surface area contributed by atoms with Gasteiger partial charge in [0.1, 0.15) is 0 Å². The average Bonchev–Trinajstić information content (AvgIpc) is 2.40. The summed E-state index contributed by atoms with van der Waals surface area (Å²) in [6, 6.07) is 10.8. The van der Waals surface area contributed by atoms with E-state index in [2.05, 4.69) is 15.9 Å². The number of nitrogens with two attached hydrogens (primary N) is 1. The first-order chi connectivity index (χ1) is 9.88. The van der Waals surface area contributed by atoms with Crippen LogP contribution in [-0.4, -0.2) is 18.1 Å². The van der Waals surface area contributed by atoms with Gasteiger partial charge in [0.15, 0.2) is 0 Å². The molecule has 0 aliphatic carbocycles. The van der Waals surface area contributed by atoms with Gasteiger partial charge in [0.05, 0.1) is 16.3 Å². The third-order valence-corrected chi connectivity index (χ3v) is 3.85. The summed E-state index contributed by atoms with van der Waals surface area (Å²) in [4.78, 5) is 13.2. The van der Waals surface area contributed by atoms with Crippen molar-refractivity contribution in [1.29, 1.82) is 0 Å². The first kappa shape index (κ1) is 15.7. The molecule has 0 unspecified atom stereocenters.